The van der Waals surface area contributed by atoms with E-state index in [0.29, 0.717) is 13.0 Å². The summed E-state index contributed by atoms with van der Waals surface area (Å²) >= 11 is 0. The molecule has 0 spiro atoms. The second kappa shape index (κ2) is 5.50. The smallest absolute Gasteiger partial charge is 0.154 e. The largest absolute Gasteiger partial charge is 0.330 e. The lowest BCUT2D eigenvalue weighted by Crippen LogP contribution is -2.13. The molecule has 0 aliphatic heterocycles. The molecule has 2 N–H and O–H groups in total. The third-order valence-corrected chi connectivity index (χ3v) is 4.58. The van der Waals surface area contributed by atoms with Crippen molar-refractivity contribution in [2.45, 2.75) is 12.2 Å². The van der Waals surface area contributed by atoms with Crippen LogP contribution in [0.5, 0.6) is 0 Å². The number of rotatable bonds is 5. The molecule has 4 heteroatoms. The van der Waals surface area contributed by atoms with E-state index in [0.717, 1.165) is 16.3 Å². The van der Waals surface area contributed by atoms with Gasteiger partial charge in [-0.2, -0.15) is 0 Å². The number of benzene rings is 2. The van der Waals surface area contributed by atoms with Crippen molar-refractivity contribution in [3.8, 4) is 0 Å². The van der Waals surface area contributed by atoms with Gasteiger partial charge in [-0.3, -0.25) is 0 Å². The van der Waals surface area contributed by atoms with E-state index in [2.05, 4.69) is 0 Å². The number of sulfone groups is 1. The van der Waals surface area contributed by atoms with E-state index in [1.807, 2.05) is 42.5 Å². The van der Waals surface area contributed by atoms with Crippen LogP contribution in [0.4, 0.5) is 0 Å². The van der Waals surface area contributed by atoms with Crippen LogP contribution in [0.1, 0.15) is 12.0 Å². The van der Waals surface area contributed by atoms with Gasteiger partial charge in [0, 0.05) is 0 Å². The van der Waals surface area contributed by atoms with Crippen molar-refractivity contribution in [3.05, 3.63) is 48.0 Å². The van der Waals surface area contributed by atoms with E-state index in [-0.39, 0.29) is 11.5 Å². The summed E-state index contributed by atoms with van der Waals surface area (Å²) in [7, 11) is -3.07. The van der Waals surface area contributed by atoms with Gasteiger partial charge in [0.15, 0.2) is 9.84 Å². The molecule has 0 radical (unpaired) electrons. The standard InChI is InChI=1S/C14H17NO2S/c15-9-4-10-18(16,17)11-13-7-3-6-12-5-1-2-8-14(12)13/h1-3,5-8H,4,9-11,15H2. The molecule has 0 bridgehead atoms. The van der Waals surface area contributed by atoms with E-state index in [1.54, 1.807) is 0 Å². The first-order valence-corrected chi connectivity index (χ1v) is 7.82. The predicted molar refractivity (Wildman–Crippen MR) is 75.1 cm³/mol. The van der Waals surface area contributed by atoms with Gasteiger partial charge >= 0.3 is 0 Å². The lowest BCUT2D eigenvalue weighted by atomic mass is 10.1. The Morgan fingerprint density at radius 1 is 1.00 bits per heavy atom. The van der Waals surface area contributed by atoms with E-state index in [9.17, 15) is 8.42 Å². The van der Waals surface area contributed by atoms with Crippen LogP contribution >= 0.6 is 0 Å². The zero-order valence-corrected chi connectivity index (χ0v) is 11.0. The normalized spacial score (nSPS) is 11.8. The zero-order valence-electron chi connectivity index (χ0n) is 10.2. The fraction of sp³-hybridized carbons (Fsp3) is 0.286. The van der Waals surface area contributed by atoms with Crippen molar-refractivity contribution in [2.24, 2.45) is 5.73 Å². The van der Waals surface area contributed by atoms with Crippen LogP contribution in [0.3, 0.4) is 0 Å². The highest BCUT2D eigenvalue weighted by molar-refractivity contribution is 7.90. The first-order chi connectivity index (χ1) is 8.62. The van der Waals surface area contributed by atoms with Gasteiger partial charge in [-0.05, 0) is 29.3 Å². The quantitative estimate of drug-likeness (QED) is 0.898. The summed E-state index contributed by atoms with van der Waals surface area (Å²) in [6.07, 6.45) is 0.521. The maximum absolute atomic E-state index is 11.9. The Bertz CT molecular complexity index is 630. The molecule has 0 aliphatic rings. The third kappa shape index (κ3) is 3.09. The minimum atomic E-state index is -3.07. The molecule has 0 saturated carbocycles. The lowest BCUT2D eigenvalue weighted by Gasteiger charge is -2.07. The molecule has 0 amide bonds. The monoisotopic (exact) mass is 263 g/mol. The maximum Gasteiger partial charge on any atom is 0.154 e. The fourth-order valence-electron chi connectivity index (χ4n) is 2.03. The van der Waals surface area contributed by atoms with Gasteiger partial charge in [-0.1, -0.05) is 42.5 Å². The Kier molecular flexibility index (Phi) is 3.99. The summed E-state index contributed by atoms with van der Waals surface area (Å²) < 4.78 is 23.9. The number of fused-ring (bicyclic) bond motifs is 1. The van der Waals surface area contributed by atoms with Crippen molar-refractivity contribution in [3.63, 3.8) is 0 Å². The third-order valence-electron chi connectivity index (χ3n) is 2.91. The van der Waals surface area contributed by atoms with Crippen LogP contribution in [0.2, 0.25) is 0 Å². The number of nitrogens with two attached hydrogens (primary N) is 1. The van der Waals surface area contributed by atoms with Crippen LogP contribution in [-0.4, -0.2) is 20.7 Å². The molecule has 2 aromatic rings. The van der Waals surface area contributed by atoms with Crippen molar-refractivity contribution >= 4 is 20.6 Å². The molecule has 0 aliphatic carbocycles. The van der Waals surface area contributed by atoms with Crippen molar-refractivity contribution in [2.75, 3.05) is 12.3 Å². The highest BCUT2D eigenvalue weighted by atomic mass is 32.2. The van der Waals surface area contributed by atoms with Crippen LogP contribution < -0.4 is 5.73 Å². The Hall–Kier alpha value is -1.39. The van der Waals surface area contributed by atoms with E-state index in [1.165, 1.54) is 0 Å². The summed E-state index contributed by atoms with van der Waals surface area (Å²) in [6, 6.07) is 13.6. The van der Waals surface area contributed by atoms with Crippen LogP contribution in [0.25, 0.3) is 10.8 Å². The molecule has 0 saturated heterocycles. The Morgan fingerprint density at radius 2 is 1.72 bits per heavy atom. The van der Waals surface area contributed by atoms with Crippen molar-refractivity contribution in [1.82, 2.24) is 0 Å². The van der Waals surface area contributed by atoms with Crippen molar-refractivity contribution in [1.29, 1.82) is 0 Å². The maximum atomic E-state index is 11.9. The topological polar surface area (TPSA) is 60.2 Å². The van der Waals surface area contributed by atoms with Gasteiger partial charge < -0.3 is 5.73 Å². The summed E-state index contributed by atoms with van der Waals surface area (Å²) in [5.74, 6) is 0.251. The summed E-state index contributed by atoms with van der Waals surface area (Å²) in [6.45, 7) is 0.411. The molecule has 96 valence electrons. The SMILES string of the molecule is NCCCS(=O)(=O)Cc1cccc2ccccc12. The van der Waals surface area contributed by atoms with Gasteiger partial charge in [-0.25, -0.2) is 8.42 Å². The molecule has 0 unspecified atom stereocenters. The summed E-state index contributed by atoms with van der Waals surface area (Å²) in [4.78, 5) is 0. The average Bonchev–Trinajstić information content (AvgIpc) is 2.37. The minimum absolute atomic E-state index is 0.0916. The molecule has 18 heavy (non-hydrogen) atoms. The molecule has 0 atom stereocenters. The molecule has 0 aromatic heterocycles. The summed E-state index contributed by atoms with van der Waals surface area (Å²) in [5.41, 5.74) is 6.22. The predicted octanol–water partition coefficient (Wildman–Crippen LogP) is 2.10. The number of hydrogen-bond acceptors (Lipinski definition) is 3. The van der Waals surface area contributed by atoms with Crippen LogP contribution in [0, 0.1) is 0 Å². The van der Waals surface area contributed by atoms with Crippen molar-refractivity contribution < 1.29 is 8.42 Å². The first kappa shape index (κ1) is 13.1. The minimum Gasteiger partial charge on any atom is -0.330 e. The molecule has 2 rings (SSSR count). The van der Waals surface area contributed by atoms with Crippen LogP contribution in [0.15, 0.2) is 42.5 Å². The number of hydrogen-bond donors (Lipinski definition) is 1. The molecule has 0 fully saturated rings. The Balaban J connectivity index is 2.32. The van der Waals surface area contributed by atoms with Gasteiger partial charge in [-0.15, -0.1) is 0 Å². The first-order valence-electron chi connectivity index (χ1n) is 5.99. The molecular formula is C14H17NO2S. The summed E-state index contributed by atoms with van der Waals surface area (Å²) in [5, 5.41) is 2.08. The van der Waals surface area contributed by atoms with Gasteiger partial charge in [0.05, 0.1) is 11.5 Å². The fourth-order valence-corrected chi connectivity index (χ4v) is 3.51. The second-order valence-corrected chi connectivity index (χ2v) is 6.56. The molecule has 2 aromatic carbocycles. The molecular weight excluding hydrogens is 246 g/mol. The highest BCUT2D eigenvalue weighted by Gasteiger charge is 2.13. The van der Waals surface area contributed by atoms with E-state index >= 15 is 0 Å². The van der Waals surface area contributed by atoms with Gasteiger partial charge in [0.2, 0.25) is 0 Å². The van der Waals surface area contributed by atoms with E-state index < -0.39 is 9.84 Å². The van der Waals surface area contributed by atoms with Gasteiger partial charge in [0.1, 0.15) is 0 Å². The zero-order chi connectivity index (χ0) is 13.0. The van der Waals surface area contributed by atoms with Gasteiger partial charge in [0.25, 0.3) is 0 Å². The van der Waals surface area contributed by atoms with E-state index in [4.69, 9.17) is 5.73 Å². The Morgan fingerprint density at radius 3 is 2.50 bits per heavy atom. The lowest BCUT2D eigenvalue weighted by molar-refractivity contribution is 0.593. The molecule has 3 nitrogen and oxygen atoms in total. The second-order valence-electron chi connectivity index (χ2n) is 4.37. The highest BCUT2D eigenvalue weighted by Crippen LogP contribution is 2.20. The van der Waals surface area contributed by atoms with Crippen LogP contribution in [-0.2, 0) is 15.6 Å². The molecule has 0 heterocycles. The average molecular weight is 263 g/mol. The Labute approximate surface area is 108 Å².